The fourth-order valence-electron chi connectivity index (χ4n) is 1.63. The van der Waals surface area contributed by atoms with Gasteiger partial charge in [-0.05, 0) is 20.8 Å². The number of imidazole rings is 1. The lowest BCUT2D eigenvalue weighted by atomic mass is 10.2. The number of nitrogens with one attached hydrogen (secondary N) is 2. The summed E-state index contributed by atoms with van der Waals surface area (Å²) in [6.07, 6.45) is 5.28. The van der Waals surface area contributed by atoms with E-state index in [0.717, 1.165) is 11.3 Å². The number of hydrogen-bond acceptors (Lipinski definition) is 4. The van der Waals surface area contributed by atoms with Crippen molar-refractivity contribution in [1.82, 2.24) is 19.9 Å². The van der Waals surface area contributed by atoms with Crippen LogP contribution in [-0.2, 0) is 0 Å². The van der Waals surface area contributed by atoms with Gasteiger partial charge < -0.3 is 10.3 Å². The van der Waals surface area contributed by atoms with E-state index in [0.29, 0.717) is 5.65 Å². The van der Waals surface area contributed by atoms with E-state index < -0.39 is 0 Å². The molecule has 0 aliphatic rings. The molecule has 0 aromatic carbocycles. The Kier molecular flexibility index (Phi) is 2.85. The first-order chi connectivity index (χ1) is 7.66. The van der Waals surface area contributed by atoms with Crippen molar-refractivity contribution >= 4 is 17.0 Å². The van der Waals surface area contributed by atoms with Crippen LogP contribution in [0, 0.1) is 0 Å². The Morgan fingerprint density at radius 1 is 1.38 bits per heavy atom. The minimum Gasteiger partial charge on any atom is -0.362 e. The first-order valence-electron chi connectivity index (χ1n) is 5.22. The summed E-state index contributed by atoms with van der Waals surface area (Å²) >= 11 is 0. The number of anilines is 1. The van der Waals surface area contributed by atoms with E-state index in [4.69, 9.17) is 0 Å². The molecule has 0 amide bonds. The van der Waals surface area contributed by atoms with Crippen LogP contribution in [0.3, 0.4) is 0 Å². The Morgan fingerprint density at radius 2 is 2.19 bits per heavy atom. The molecular weight excluding hydrogens is 202 g/mol. The molecular formula is C11H15N5. The topological polar surface area (TPSA) is 66.5 Å². The van der Waals surface area contributed by atoms with Gasteiger partial charge in [0.15, 0.2) is 11.5 Å². The van der Waals surface area contributed by atoms with E-state index in [1.165, 1.54) is 11.9 Å². The van der Waals surface area contributed by atoms with Crippen molar-refractivity contribution in [2.75, 3.05) is 5.32 Å². The zero-order valence-electron chi connectivity index (χ0n) is 9.65. The molecule has 0 aliphatic heterocycles. The van der Waals surface area contributed by atoms with Gasteiger partial charge in [-0.25, -0.2) is 15.0 Å². The van der Waals surface area contributed by atoms with Crippen molar-refractivity contribution in [3.8, 4) is 0 Å². The minimum absolute atomic E-state index is 0.228. The van der Waals surface area contributed by atoms with Crippen molar-refractivity contribution in [3.63, 3.8) is 0 Å². The summed E-state index contributed by atoms with van der Waals surface area (Å²) < 4.78 is 0. The lowest BCUT2D eigenvalue weighted by Gasteiger charge is -2.11. The summed E-state index contributed by atoms with van der Waals surface area (Å²) in [5, 5.41) is 3.30. The van der Waals surface area contributed by atoms with Crippen LogP contribution in [0.2, 0.25) is 0 Å². The SMILES string of the molecule is CC(C)=C[C@@H](C)Nc1ncnc2nc[nH]c12. The molecule has 0 saturated carbocycles. The average Bonchev–Trinajstić information content (AvgIpc) is 2.65. The number of nitrogens with zero attached hydrogens (tertiary/aromatic N) is 3. The van der Waals surface area contributed by atoms with Crippen LogP contribution >= 0.6 is 0 Å². The van der Waals surface area contributed by atoms with Gasteiger partial charge in [-0.2, -0.15) is 0 Å². The third-order valence-electron chi connectivity index (χ3n) is 2.17. The molecule has 2 rings (SSSR count). The number of aromatic amines is 1. The lowest BCUT2D eigenvalue weighted by Crippen LogP contribution is -2.13. The number of rotatable bonds is 3. The predicted molar refractivity (Wildman–Crippen MR) is 64.2 cm³/mol. The first kappa shape index (κ1) is 10.6. The van der Waals surface area contributed by atoms with Crippen LogP contribution in [0.4, 0.5) is 5.82 Å². The second-order valence-electron chi connectivity index (χ2n) is 4.00. The quantitative estimate of drug-likeness (QED) is 0.773. The molecule has 0 aliphatic carbocycles. The van der Waals surface area contributed by atoms with Gasteiger partial charge in [-0.3, -0.25) is 0 Å². The highest BCUT2D eigenvalue weighted by molar-refractivity contribution is 5.82. The fraction of sp³-hybridized carbons (Fsp3) is 0.364. The molecule has 16 heavy (non-hydrogen) atoms. The third-order valence-corrected chi connectivity index (χ3v) is 2.17. The van der Waals surface area contributed by atoms with E-state index in [9.17, 15) is 0 Å². The maximum atomic E-state index is 4.20. The maximum absolute atomic E-state index is 4.20. The van der Waals surface area contributed by atoms with Gasteiger partial charge in [0, 0.05) is 6.04 Å². The minimum atomic E-state index is 0.228. The summed E-state index contributed by atoms with van der Waals surface area (Å²) in [6.45, 7) is 6.23. The fourth-order valence-corrected chi connectivity index (χ4v) is 1.63. The Morgan fingerprint density at radius 3 is 2.94 bits per heavy atom. The Labute approximate surface area is 94.0 Å². The second kappa shape index (κ2) is 4.30. The molecule has 0 radical (unpaired) electrons. The molecule has 2 aromatic heterocycles. The number of fused-ring (bicyclic) bond motifs is 1. The van der Waals surface area contributed by atoms with Gasteiger partial charge >= 0.3 is 0 Å². The molecule has 1 atom stereocenters. The third kappa shape index (κ3) is 2.18. The van der Waals surface area contributed by atoms with Crippen molar-refractivity contribution in [1.29, 1.82) is 0 Å². The van der Waals surface area contributed by atoms with Crippen molar-refractivity contribution in [2.45, 2.75) is 26.8 Å². The van der Waals surface area contributed by atoms with Crippen LogP contribution in [0.5, 0.6) is 0 Å². The molecule has 2 N–H and O–H groups in total. The van der Waals surface area contributed by atoms with Crippen molar-refractivity contribution < 1.29 is 0 Å². The molecule has 0 fully saturated rings. The summed E-state index contributed by atoms with van der Waals surface area (Å²) in [6, 6.07) is 0.228. The van der Waals surface area contributed by atoms with Crippen LogP contribution in [0.25, 0.3) is 11.2 Å². The van der Waals surface area contributed by atoms with E-state index in [2.05, 4.69) is 52.1 Å². The first-order valence-corrected chi connectivity index (χ1v) is 5.22. The molecule has 0 bridgehead atoms. The summed E-state index contributed by atoms with van der Waals surface area (Å²) in [7, 11) is 0. The number of hydrogen-bond donors (Lipinski definition) is 2. The summed E-state index contributed by atoms with van der Waals surface area (Å²) in [5.41, 5.74) is 2.80. The van der Waals surface area contributed by atoms with Crippen molar-refractivity contribution in [3.05, 3.63) is 24.3 Å². The van der Waals surface area contributed by atoms with Gasteiger partial charge in [0.2, 0.25) is 0 Å². The number of H-pyrrole nitrogens is 1. The zero-order valence-corrected chi connectivity index (χ0v) is 9.65. The highest BCUT2D eigenvalue weighted by Crippen LogP contribution is 2.15. The molecule has 84 valence electrons. The normalized spacial score (nSPS) is 12.4. The van der Waals surface area contributed by atoms with Crippen LogP contribution in [-0.4, -0.2) is 26.0 Å². The van der Waals surface area contributed by atoms with Gasteiger partial charge in [-0.1, -0.05) is 11.6 Å². The van der Waals surface area contributed by atoms with E-state index in [1.807, 2.05) is 0 Å². The molecule has 5 heteroatoms. The second-order valence-corrected chi connectivity index (χ2v) is 4.00. The van der Waals surface area contributed by atoms with Crippen LogP contribution < -0.4 is 5.32 Å². The molecule has 5 nitrogen and oxygen atoms in total. The van der Waals surface area contributed by atoms with Gasteiger partial charge in [0.1, 0.15) is 11.8 Å². The average molecular weight is 217 g/mol. The predicted octanol–water partition coefficient (Wildman–Crippen LogP) is 2.12. The molecule has 0 saturated heterocycles. The lowest BCUT2D eigenvalue weighted by molar-refractivity contribution is 0.965. The Balaban J connectivity index is 2.27. The van der Waals surface area contributed by atoms with Gasteiger partial charge in [0.25, 0.3) is 0 Å². The van der Waals surface area contributed by atoms with Gasteiger partial charge in [-0.15, -0.1) is 0 Å². The molecule has 2 heterocycles. The Hall–Kier alpha value is -1.91. The van der Waals surface area contributed by atoms with Crippen LogP contribution in [0.15, 0.2) is 24.3 Å². The number of allylic oxidation sites excluding steroid dienone is 1. The standard InChI is InChI=1S/C11H15N5/c1-7(2)4-8(3)16-11-9-10(13-5-12-9)14-6-15-11/h4-6,8H,1-3H3,(H2,12,13,14,15,16)/t8-/m1/s1. The highest BCUT2D eigenvalue weighted by atomic mass is 15.1. The molecule has 2 aromatic rings. The maximum Gasteiger partial charge on any atom is 0.182 e. The zero-order chi connectivity index (χ0) is 11.5. The molecule has 0 spiro atoms. The summed E-state index contributed by atoms with van der Waals surface area (Å²) in [5.74, 6) is 0.785. The molecule has 0 unspecified atom stereocenters. The van der Waals surface area contributed by atoms with Crippen molar-refractivity contribution in [2.24, 2.45) is 0 Å². The largest absolute Gasteiger partial charge is 0.362 e. The van der Waals surface area contributed by atoms with E-state index >= 15 is 0 Å². The smallest absolute Gasteiger partial charge is 0.182 e. The van der Waals surface area contributed by atoms with Gasteiger partial charge in [0.05, 0.1) is 6.33 Å². The van der Waals surface area contributed by atoms with Crippen LogP contribution in [0.1, 0.15) is 20.8 Å². The Bertz CT molecular complexity index is 510. The van der Waals surface area contributed by atoms with E-state index in [-0.39, 0.29) is 6.04 Å². The van der Waals surface area contributed by atoms with E-state index in [1.54, 1.807) is 6.33 Å². The monoisotopic (exact) mass is 217 g/mol. The summed E-state index contributed by atoms with van der Waals surface area (Å²) in [4.78, 5) is 15.4. The number of aromatic nitrogens is 4. The highest BCUT2D eigenvalue weighted by Gasteiger charge is 2.06.